The van der Waals surface area contributed by atoms with E-state index in [4.69, 9.17) is 5.11 Å². The number of hydrogen-bond donors (Lipinski definition) is 6. The second kappa shape index (κ2) is 11.9. The Kier molecular flexibility index (Phi) is 10.3. The molecule has 29 heavy (non-hydrogen) atoms. The Bertz CT molecular complexity index is 717. The molecule has 2 rings (SSSR count). The van der Waals surface area contributed by atoms with Crippen LogP contribution < -0.4 is 10.6 Å². The topological polar surface area (TPSA) is 105 Å². The number of β-amino-alcohol motifs (C(OH)–C–C–N with tert-alkyl or cyclic N) is 1. The molecule has 0 saturated carbocycles. The van der Waals surface area contributed by atoms with Crippen LogP contribution in [0.3, 0.4) is 0 Å². The Balaban J connectivity index is 0.000000308. The Hall–Kier alpha value is -1.96. The van der Waals surface area contributed by atoms with Gasteiger partial charge in [0.15, 0.2) is 0 Å². The van der Waals surface area contributed by atoms with E-state index < -0.39 is 12.2 Å². The first-order valence-electron chi connectivity index (χ1n) is 9.85. The van der Waals surface area contributed by atoms with Crippen molar-refractivity contribution in [3.8, 4) is 5.75 Å². The van der Waals surface area contributed by atoms with Gasteiger partial charge in [-0.15, -0.1) is 0 Å². The van der Waals surface area contributed by atoms with Crippen molar-refractivity contribution in [2.75, 3.05) is 13.6 Å². The lowest BCUT2D eigenvalue weighted by Gasteiger charge is -2.23. The molecule has 1 unspecified atom stereocenters. The van der Waals surface area contributed by atoms with Gasteiger partial charge >= 0.3 is 0 Å². The smallest absolute Gasteiger partial charge is 0.121 e. The predicted molar refractivity (Wildman–Crippen MR) is 117 cm³/mol. The summed E-state index contributed by atoms with van der Waals surface area (Å²) in [5.41, 5.74) is 2.01. The van der Waals surface area contributed by atoms with E-state index in [1.54, 1.807) is 12.1 Å². The Labute approximate surface area is 174 Å². The minimum Gasteiger partial charge on any atom is -0.508 e. The van der Waals surface area contributed by atoms with Crippen molar-refractivity contribution >= 4 is 0 Å². The molecule has 0 saturated heterocycles. The third-order valence-corrected chi connectivity index (χ3v) is 4.55. The van der Waals surface area contributed by atoms with Crippen molar-refractivity contribution in [1.82, 2.24) is 10.6 Å². The summed E-state index contributed by atoms with van der Waals surface area (Å²) in [6.07, 6.45) is -1.07. The Morgan fingerprint density at radius 2 is 1.59 bits per heavy atom. The summed E-state index contributed by atoms with van der Waals surface area (Å²) in [5.74, 6) is 0.0484. The fraction of sp³-hybridized carbons (Fsp3) is 0.478. The van der Waals surface area contributed by atoms with Gasteiger partial charge in [-0.3, -0.25) is 0 Å². The quantitative estimate of drug-likeness (QED) is 0.424. The van der Waals surface area contributed by atoms with E-state index in [0.29, 0.717) is 17.7 Å². The highest BCUT2D eigenvalue weighted by atomic mass is 16.3. The number of aliphatic hydroxyl groups excluding tert-OH is 3. The zero-order valence-electron chi connectivity index (χ0n) is 18.1. The molecule has 6 N–H and O–H groups in total. The minimum atomic E-state index is -0.653. The summed E-state index contributed by atoms with van der Waals surface area (Å²) in [6.45, 7) is 8.22. The molecule has 6 nitrogen and oxygen atoms in total. The highest BCUT2D eigenvalue weighted by Crippen LogP contribution is 2.22. The van der Waals surface area contributed by atoms with Gasteiger partial charge in [-0.25, -0.2) is 0 Å². The largest absolute Gasteiger partial charge is 0.508 e. The fourth-order valence-corrected chi connectivity index (χ4v) is 2.56. The van der Waals surface area contributed by atoms with Crippen molar-refractivity contribution < 1.29 is 20.4 Å². The van der Waals surface area contributed by atoms with Crippen LogP contribution in [0.4, 0.5) is 0 Å². The number of likely N-dealkylation sites (N-methyl/N-ethyl adjacent to an activating group) is 1. The maximum atomic E-state index is 9.97. The van der Waals surface area contributed by atoms with Crippen molar-refractivity contribution in [1.29, 1.82) is 0 Å². The molecule has 0 aliphatic rings. The van der Waals surface area contributed by atoms with Crippen LogP contribution in [-0.4, -0.2) is 45.6 Å². The van der Waals surface area contributed by atoms with Crippen molar-refractivity contribution in [2.24, 2.45) is 0 Å². The molecule has 0 fully saturated rings. The van der Waals surface area contributed by atoms with Gasteiger partial charge in [0.25, 0.3) is 0 Å². The molecule has 0 radical (unpaired) electrons. The summed E-state index contributed by atoms with van der Waals surface area (Å²) < 4.78 is 0. The number of aromatic hydroxyl groups is 1. The number of rotatable bonds is 7. The second-order valence-electron chi connectivity index (χ2n) is 8.13. The molecule has 2 aromatic carbocycles. The van der Waals surface area contributed by atoms with Crippen LogP contribution in [0.2, 0.25) is 0 Å². The number of phenols is 1. The second-order valence-corrected chi connectivity index (χ2v) is 8.13. The summed E-state index contributed by atoms with van der Waals surface area (Å²) in [6, 6.07) is 14.5. The zero-order chi connectivity index (χ0) is 22.0. The lowest BCUT2D eigenvalue weighted by atomic mass is 10.0. The van der Waals surface area contributed by atoms with Crippen molar-refractivity contribution in [3.63, 3.8) is 0 Å². The van der Waals surface area contributed by atoms with E-state index in [0.717, 1.165) is 5.56 Å². The maximum Gasteiger partial charge on any atom is 0.121 e. The van der Waals surface area contributed by atoms with E-state index in [-0.39, 0.29) is 23.9 Å². The van der Waals surface area contributed by atoms with Crippen LogP contribution in [0.25, 0.3) is 0 Å². The molecule has 0 bridgehead atoms. The first-order chi connectivity index (χ1) is 13.6. The molecular weight excluding hydrogens is 368 g/mol. The van der Waals surface area contributed by atoms with E-state index >= 15 is 0 Å². The Morgan fingerprint density at radius 3 is 2.10 bits per heavy atom. The standard InChI is InChI=1S/C13H21NO3.C10H15NO/c1-13(2,3)14-7-12(17)9-4-5-11(16)10(6-9)8-15;1-8(11-2)10(12)9-6-4-3-5-7-9/h4-6,12,14-17H,7-8H2,1-3H3;3-8,10-12H,1-2H3/t;8-,10+/m.0/s1. The van der Waals surface area contributed by atoms with E-state index in [1.165, 1.54) is 6.07 Å². The van der Waals surface area contributed by atoms with Crippen LogP contribution in [0.1, 0.15) is 56.6 Å². The number of hydrogen-bond acceptors (Lipinski definition) is 6. The van der Waals surface area contributed by atoms with Crippen LogP contribution in [0.15, 0.2) is 48.5 Å². The van der Waals surface area contributed by atoms with Crippen LogP contribution >= 0.6 is 0 Å². The third kappa shape index (κ3) is 8.94. The first kappa shape index (κ1) is 25.1. The molecule has 0 spiro atoms. The summed E-state index contributed by atoms with van der Waals surface area (Å²) in [5, 5.41) is 44.4. The molecule has 3 atom stereocenters. The molecule has 2 aromatic rings. The van der Waals surface area contributed by atoms with Gasteiger partial charge in [-0.1, -0.05) is 36.4 Å². The molecule has 0 aliphatic heterocycles. The highest BCUT2D eigenvalue weighted by Gasteiger charge is 2.15. The predicted octanol–water partition coefficient (Wildman–Crippen LogP) is 2.63. The maximum absolute atomic E-state index is 9.97. The van der Waals surface area contributed by atoms with Gasteiger partial charge in [0.2, 0.25) is 0 Å². The molecule has 0 amide bonds. The van der Waals surface area contributed by atoms with Gasteiger partial charge < -0.3 is 31.1 Å². The average Bonchev–Trinajstić information content (AvgIpc) is 2.71. The van der Waals surface area contributed by atoms with Gasteiger partial charge in [-0.05, 0) is 58.0 Å². The minimum absolute atomic E-state index is 0.0484. The van der Waals surface area contributed by atoms with E-state index in [1.807, 2.05) is 65.1 Å². The van der Waals surface area contributed by atoms with Crippen molar-refractivity contribution in [3.05, 3.63) is 65.2 Å². The lowest BCUT2D eigenvalue weighted by molar-refractivity contribution is 0.140. The van der Waals surface area contributed by atoms with Gasteiger partial charge in [0, 0.05) is 23.7 Å². The molecule has 0 heterocycles. The number of aliphatic hydroxyl groups is 3. The first-order valence-corrected chi connectivity index (χ1v) is 9.85. The number of benzene rings is 2. The van der Waals surface area contributed by atoms with Crippen molar-refractivity contribution in [2.45, 2.75) is 58.1 Å². The number of nitrogens with one attached hydrogen (secondary N) is 2. The monoisotopic (exact) mass is 404 g/mol. The van der Waals surface area contributed by atoms with E-state index in [9.17, 15) is 15.3 Å². The van der Waals surface area contributed by atoms with Crippen LogP contribution in [0.5, 0.6) is 5.75 Å². The summed E-state index contributed by atoms with van der Waals surface area (Å²) >= 11 is 0. The average molecular weight is 405 g/mol. The zero-order valence-corrected chi connectivity index (χ0v) is 18.1. The lowest BCUT2D eigenvalue weighted by Crippen LogP contribution is -2.38. The van der Waals surface area contributed by atoms with E-state index in [2.05, 4.69) is 10.6 Å². The molecular formula is C23H36N2O4. The van der Waals surface area contributed by atoms with Crippen LogP contribution in [-0.2, 0) is 6.61 Å². The third-order valence-electron chi connectivity index (χ3n) is 4.55. The van der Waals surface area contributed by atoms with Gasteiger partial charge in [0.1, 0.15) is 5.75 Å². The molecule has 0 aromatic heterocycles. The molecule has 6 heteroatoms. The highest BCUT2D eigenvalue weighted by molar-refractivity contribution is 5.36. The SMILES string of the molecule is CC(C)(C)NCC(O)c1ccc(O)c(CO)c1.CN[C@@H](C)[C@@H](O)c1ccccc1. The fourth-order valence-electron chi connectivity index (χ4n) is 2.56. The summed E-state index contributed by atoms with van der Waals surface area (Å²) in [4.78, 5) is 0. The van der Waals surface area contributed by atoms with Gasteiger partial charge in [0.05, 0.1) is 18.8 Å². The Morgan fingerprint density at radius 1 is 0.966 bits per heavy atom. The molecule has 162 valence electrons. The van der Waals surface area contributed by atoms with Gasteiger partial charge in [-0.2, -0.15) is 0 Å². The normalized spacial score (nSPS) is 14.5. The summed E-state index contributed by atoms with van der Waals surface area (Å²) in [7, 11) is 1.84. The van der Waals surface area contributed by atoms with Crippen LogP contribution in [0, 0.1) is 0 Å². The molecule has 0 aliphatic carbocycles.